The van der Waals surface area contributed by atoms with Gasteiger partial charge in [0, 0.05) is 18.0 Å². The van der Waals surface area contributed by atoms with Crippen LogP contribution < -0.4 is 0 Å². The van der Waals surface area contributed by atoms with E-state index >= 15 is 0 Å². The second-order valence-corrected chi connectivity index (χ2v) is 5.99. The smallest absolute Gasteiger partial charge is 0.312 e. The second-order valence-electron chi connectivity index (χ2n) is 5.99. The van der Waals surface area contributed by atoms with Crippen LogP contribution in [0.15, 0.2) is 36.4 Å². The molecule has 0 unspecified atom stereocenters. The average Bonchev–Trinajstić information content (AvgIpc) is 2.51. The Hall–Kier alpha value is -2.69. The van der Waals surface area contributed by atoms with Gasteiger partial charge in [-0.05, 0) is 38.0 Å². The number of carbonyl (C=O) groups is 2. The van der Waals surface area contributed by atoms with Gasteiger partial charge < -0.3 is 10.2 Å². The van der Waals surface area contributed by atoms with E-state index in [2.05, 4.69) is 18.0 Å². The van der Waals surface area contributed by atoms with E-state index in [0.717, 1.165) is 35.5 Å². The first-order valence-electron chi connectivity index (χ1n) is 7.67. The van der Waals surface area contributed by atoms with Crippen LogP contribution in [0, 0.1) is 5.41 Å². The lowest BCUT2D eigenvalue weighted by Crippen LogP contribution is -2.20. The Labute approximate surface area is 141 Å². The predicted molar refractivity (Wildman–Crippen MR) is 94.9 cm³/mol. The fourth-order valence-electron chi connectivity index (χ4n) is 1.85. The minimum Gasteiger partial charge on any atom is -0.481 e. The van der Waals surface area contributed by atoms with E-state index in [1.54, 1.807) is 19.9 Å². The number of hydrogen-bond acceptors (Lipinski definition) is 3. The number of aliphatic carboxylic acids is 2. The van der Waals surface area contributed by atoms with E-state index in [0.29, 0.717) is 0 Å². The zero-order valence-electron chi connectivity index (χ0n) is 14.4. The Balaban J connectivity index is 0.000000648. The van der Waals surface area contributed by atoms with Gasteiger partial charge in [0.2, 0.25) is 0 Å². The number of rotatable bonds is 4. The molecule has 0 radical (unpaired) electrons. The molecule has 0 spiro atoms. The SMILES string of the molecule is CC(=O)O.CCc1ccc2ccc(/C=C/C(C)(C)C(=O)O)cc2n1. The van der Waals surface area contributed by atoms with Gasteiger partial charge in [-0.25, -0.2) is 0 Å². The molecule has 128 valence electrons. The number of carboxylic acid groups (broad SMARTS) is 2. The van der Waals surface area contributed by atoms with Crippen molar-refractivity contribution in [3.8, 4) is 0 Å². The first kappa shape index (κ1) is 19.4. The number of pyridine rings is 1. The fraction of sp³-hybridized carbons (Fsp3) is 0.316. The van der Waals surface area contributed by atoms with Gasteiger partial charge in [-0.3, -0.25) is 14.6 Å². The van der Waals surface area contributed by atoms with Crippen molar-refractivity contribution in [2.45, 2.75) is 34.1 Å². The van der Waals surface area contributed by atoms with Crippen molar-refractivity contribution in [1.29, 1.82) is 0 Å². The molecule has 2 rings (SSSR count). The minimum absolute atomic E-state index is 0.832. The van der Waals surface area contributed by atoms with Crippen molar-refractivity contribution in [2.24, 2.45) is 5.41 Å². The molecule has 0 aliphatic heterocycles. The summed E-state index contributed by atoms with van der Waals surface area (Å²) < 4.78 is 0. The lowest BCUT2D eigenvalue weighted by atomic mass is 9.92. The summed E-state index contributed by atoms with van der Waals surface area (Å²) in [5.41, 5.74) is 2.10. The first-order chi connectivity index (χ1) is 11.2. The third-order valence-corrected chi connectivity index (χ3v) is 3.38. The molecule has 0 saturated heterocycles. The van der Waals surface area contributed by atoms with E-state index in [1.165, 1.54) is 0 Å². The van der Waals surface area contributed by atoms with Crippen LogP contribution in [-0.2, 0) is 16.0 Å². The number of hydrogen-bond donors (Lipinski definition) is 2. The quantitative estimate of drug-likeness (QED) is 0.885. The molecule has 2 aromatic rings. The number of benzene rings is 1. The summed E-state index contributed by atoms with van der Waals surface area (Å²) in [5, 5.41) is 17.6. The fourth-order valence-corrected chi connectivity index (χ4v) is 1.85. The van der Waals surface area contributed by atoms with Crippen molar-refractivity contribution in [2.75, 3.05) is 0 Å². The maximum absolute atomic E-state index is 11.1. The summed E-state index contributed by atoms with van der Waals surface area (Å²) in [6, 6.07) is 10.1. The van der Waals surface area contributed by atoms with Gasteiger partial charge in [0.15, 0.2) is 0 Å². The normalized spacial score (nSPS) is 11.2. The summed E-state index contributed by atoms with van der Waals surface area (Å²) >= 11 is 0. The summed E-state index contributed by atoms with van der Waals surface area (Å²) in [5.74, 6) is -1.67. The van der Waals surface area contributed by atoms with Crippen LogP contribution in [0.5, 0.6) is 0 Å². The maximum atomic E-state index is 11.1. The number of aromatic nitrogens is 1. The van der Waals surface area contributed by atoms with E-state index in [9.17, 15) is 4.79 Å². The van der Waals surface area contributed by atoms with E-state index in [-0.39, 0.29) is 0 Å². The summed E-state index contributed by atoms with van der Waals surface area (Å²) in [7, 11) is 0. The molecular formula is C19H23NO4. The highest BCUT2D eigenvalue weighted by molar-refractivity contribution is 5.82. The van der Waals surface area contributed by atoms with Gasteiger partial charge in [-0.2, -0.15) is 0 Å². The Bertz CT molecular complexity index is 759. The minimum atomic E-state index is -0.867. The van der Waals surface area contributed by atoms with Gasteiger partial charge in [-0.15, -0.1) is 0 Å². The van der Waals surface area contributed by atoms with Crippen LogP contribution in [0.25, 0.3) is 17.0 Å². The molecule has 24 heavy (non-hydrogen) atoms. The van der Waals surface area contributed by atoms with Crippen molar-refractivity contribution in [1.82, 2.24) is 4.98 Å². The monoisotopic (exact) mass is 329 g/mol. The van der Waals surface area contributed by atoms with Crippen LogP contribution >= 0.6 is 0 Å². The molecule has 0 fully saturated rings. The van der Waals surface area contributed by atoms with Gasteiger partial charge in [-0.1, -0.05) is 37.3 Å². The lowest BCUT2D eigenvalue weighted by Gasteiger charge is -2.13. The van der Waals surface area contributed by atoms with E-state index in [1.807, 2.05) is 30.3 Å². The third kappa shape index (κ3) is 5.83. The molecule has 1 aromatic heterocycles. The van der Waals surface area contributed by atoms with E-state index in [4.69, 9.17) is 15.0 Å². The van der Waals surface area contributed by atoms with Crippen molar-refractivity contribution < 1.29 is 19.8 Å². The Kier molecular flexibility index (Phi) is 6.65. The summed E-state index contributed by atoms with van der Waals surface area (Å²) in [6.07, 6.45) is 4.45. The van der Waals surface area contributed by atoms with Gasteiger partial charge in [0.05, 0.1) is 10.9 Å². The zero-order valence-corrected chi connectivity index (χ0v) is 14.4. The standard InChI is InChI=1S/C17H19NO2.C2H4O2/c1-4-14-8-7-13-6-5-12(11-15(13)18-14)9-10-17(2,3)16(19)20;1-2(3)4/h5-11H,4H2,1-3H3,(H,19,20);1H3,(H,3,4)/b10-9+;. The molecule has 0 atom stereocenters. The molecule has 0 bridgehead atoms. The van der Waals surface area contributed by atoms with Crippen LogP contribution in [0.3, 0.4) is 0 Å². The molecule has 5 nitrogen and oxygen atoms in total. The lowest BCUT2D eigenvalue weighted by molar-refractivity contribution is -0.144. The molecule has 0 saturated carbocycles. The molecule has 0 amide bonds. The van der Waals surface area contributed by atoms with Crippen molar-refractivity contribution in [3.63, 3.8) is 0 Å². The highest BCUT2D eigenvalue weighted by Gasteiger charge is 2.22. The maximum Gasteiger partial charge on any atom is 0.312 e. The Morgan fingerprint density at radius 3 is 2.29 bits per heavy atom. The highest BCUT2D eigenvalue weighted by atomic mass is 16.4. The second kappa shape index (κ2) is 8.24. The molecule has 1 aromatic carbocycles. The zero-order chi connectivity index (χ0) is 18.3. The van der Waals surface area contributed by atoms with Gasteiger partial charge >= 0.3 is 5.97 Å². The molecule has 0 aliphatic rings. The molecule has 5 heteroatoms. The number of fused-ring (bicyclic) bond motifs is 1. The summed E-state index contributed by atoms with van der Waals surface area (Å²) in [4.78, 5) is 24.7. The molecular weight excluding hydrogens is 306 g/mol. The van der Waals surface area contributed by atoms with E-state index < -0.39 is 17.4 Å². The average molecular weight is 329 g/mol. The van der Waals surface area contributed by atoms with Gasteiger partial charge in [0.25, 0.3) is 5.97 Å². The number of nitrogens with zero attached hydrogens (tertiary/aromatic N) is 1. The Morgan fingerprint density at radius 2 is 1.75 bits per heavy atom. The topological polar surface area (TPSA) is 87.5 Å². The number of carboxylic acids is 2. The molecule has 0 aliphatic carbocycles. The van der Waals surface area contributed by atoms with Crippen LogP contribution in [0.4, 0.5) is 0 Å². The van der Waals surface area contributed by atoms with Crippen molar-refractivity contribution in [3.05, 3.63) is 47.7 Å². The largest absolute Gasteiger partial charge is 0.481 e. The molecule has 1 heterocycles. The molecule has 2 N–H and O–H groups in total. The first-order valence-corrected chi connectivity index (χ1v) is 7.67. The number of aryl methyl sites for hydroxylation is 1. The Morgan fingerprint density at radius 1 is 1.17 bits per heavy atom. The summed E-state index contributed by atoms with van der Waals surface area (Å²) in [6.45, 7) is 6.52. The van der Waals surface area contributed by atoms with Crippen LogP contribution in [-0.4, -0.2) is 27.1 Å². The van der Waals surface area contributed by atoms with Crippen LogP contribution in [0.2, 0.25) is 0 Å². The van der Waals surface area contributed by atoms with Gasteiger partial charge in [0.1, 0.15) is 0 Å². The highest BCUT2D eigenvalue weighted by Crippen LogP contribution is 2.21. The predicted octanol–water partition coefficient (Wildman–Crippen LogP) is 4.01. The third-order valence-electron chi connectivity index (χ3n) is 3.38. The van der Waals surface area contributed by atoms with Crippen LogP contribution in [0.1, 0.15) is 39.0 Å². The van der Waals surface area contributed by atoms with Crippen molar-refractivity contribution >= 4 is 28.9 Å².